The molecule has 0 unspecified atom stereocenters. The molecule has 0 saturated carbocycles. The molecule has 3 heterocycles. The zero-order chi connectivity index (χ0) is 20.3. The highest BCUT2D eigenvalue weighted by atomic mass is 79.9. The number of halogens is 1. The van der Waals surface area contributed by atoms with Crippen molar-refractivity contribution in [2.75, 3.05) is 31.6 Å². The number of hydrogen-bond donors (Lipinski definition) is 1. The molecule has 2 aromatic rings. The molecule has 0 aliphatic carbocycles. The third kappa shape index (κ3) is 4.27. The zero-order valence-electron chi connectivity index (χ0n) is 16.4. The summed E-state index contributed by atoms with van der Waals surface area (Å²) in [5.41, 5.74) is 2.72. The van der Waals surface area contributed by atoms with Crippen LogP contribution >= 0.6 is 15.9 Å². The van der Waals surface area contributed by atoms with Gasteiger partial charge in [-0.2, -0.15) is 10.2 Å². The van der Waals surface area contributed by atoms with Gasteiger partial charge >= 0.3 is 0 Å². The number of morpholine rings is 1. The highest BCUT2D eigenvalue weighted by Gasteiger charge is 2.26. The quantitative estimate of drug-likeness (QED) is 0.722. The first-order valence-electron chi connectivity index (χ1n) is 9.34. The maximum atomic E-state index is 12.9. The summed E-state index contributed by atoms with van der Waals surface area (Å²) in [6.07, 6.45) is 1.78. The Morgan fingerprint density at radius 3 is 2.57 bits per heavy atom. The van der Waals surface area contributed by atoms with E-state index in [9.17, 15) is 9.59 Å². The van der Waals surface area contributed by atoms with Gasteiger partial charge in [-0.3, -0.25) is 19.0 Å². The molecular formula is C18H25BrN6O3. The van der Waals surface area contributed by atoms with Crippen molar-refractivity contribution >= 4 is 33.4 Å². The average Bonchev–Trinajstić information content (AvgIpc) is 3.22. The van der Waals surface area contributed by atoms with Gasteiger partial charge in [0, 0.05) is 31.7 Å². The summed E-state index contributed by atoms with van der Waals surface area (Å²) in [4.78, 5) is 27.2. The summed E-state index contributed by atoms with van der Waals surface area (Å²) in [5.74, 6) is -0.323. The topological polar surface area (TPSA) is 94.3 Å². The number of aryl methyl sites for hydroxylation is 3. The standard InChI is InChI=1S/C18H25BrN6O3/c1-4-24-17(18(27)23-7-9-28-10-8-23)14(11-20-24)21-15(26)5-6-25-13(3)16(19)12(2)22-25/h11H,4-10H2,1-3H3,(H,21,26). The number of hydrogen-bond acceptors (Lipinski definition) is 5. The number of anilines is 1. The van der Waals surface area contributed by atoms with Gasteiger partial charge < -0.3 is 15.0 Å². The lowest BCUT2D eigenvalue weighted by Gasteiger charge is -2.27. The van der Waals surface area contributed by atoms with Crippen LogP contribution < -0.4 is 5.32 Å². The minimum absolute atomic E-state index is 0.138. The number of aromatic nitrogens is 4. The fraction of sp³-hybridized carbons (Fsp3) is 0.556. The molecule has 1 aliphatic rings. The van der Waals surface area contributed by atoms with Crippen LogP contribution in [0.3, 0.4) is 0 Å². The lowest BCUT2D eigenvalue weighted by molar-refractivity contribution is -0.116. The summed E-state index contributed by atoms with van der Waals surface area (Å²) < 4.78 is 9.69. The first-order valence-corrected chi connectivity index (χ1v) is 10.1. The van der Waals surface area contributed by atoms with Crippen LogP contribution in [0.1, 0.15) is 35.2 Å². The van der Waals surface area contributed by atoms with Crippen molar-refractivity contribution in [1.82, 2.24) is 24.5 Å². The Bertz CT molecular complexity index is 869. The lowest BCUT2D eigenvalue weighted by Crippen LogP contribution is -2.41. The third-order valence-corrected chi connectivity index (χ3v) is 5.91. The Hall–Kier alpha value is -2.20. The van der Waals surface area contributed by atoms with Gasteiger partial charge in [0.25, 0.3) is 5.91 Å². The second-order valence-corrected chi connectivity index (χ2v) is 7.43. The van der Waals surface area contributed by atoms with E-state index in [-0.39, 0.29) is 18.2 Å². The van der Waals surface area contributed by atoms with E-state index in [1.165, 1.54) is 6.20 Å². The largest absolute Gasteiger partial charge is 0.378 e. The van der Waals surface area contributed by atoms with Crippen molar-refractivity contribution in [3.63, 3.8) is 0 Å². The Kier molecular flexibility index (Phi) is 6.50. The van der Waals surface area contributed by atoms with Crippen molar-refractivity contribution in [3.8, 4) is 0 Å². The predicted octanol–water partition coefficient (Wildman–Crippen LogP) is 1.98. The molecule has 1 saturated heterocycles. The van der Waals surface area contributed by atoms with Crippen LogP contribution in [0.5, 0.6) is 0 Å². The molecule has 28 heavy (non-hydrogen) atoms. The molecule has 0 spiro atoms. The molecule has 0 bridgehead atoms. The minimum Gasteiger partial charge on any atom is -0.378 e. The summed E-state index contributed by atoms with van der Waals surface area (Å²) in [6, 6.07) is 0. The van der Waals surface area contributed by atoms with Gasteiger partial charge in [0.15, 0.2) is 0 Å². The molecule has 2 amide bonds. The Balaban J connectivity index is 1.69. The zero-order valence-corrected chi connectivity index (χ0v) is 18.0. The molecule has 10 heteroatoms. The molecular weight excluding hydrogens is 428 g/mol. The second-order valence-electron chi connectivity index (χ2n) is 6.63. The molecule has 1 fully saturated rings. The third-order valence-electron chi connectivity index (χ3n) is 4.76. The fourth-order valence-electron chi connectivity index (χ4n) is 3.17. The van der Waals surface area contributed by atoms with Crippen LogP contribution in [0.2, 0.25) is 0 Å². The molecule has 152 valence electrons. The van der Waals surface area contributed by atoms with Gasteiger partial charge in [-0.15, -0.1) is 0 Å². The monoisotopic (exact) mass is 452 g/mol. The number of nitrogens with one attached hydrogen (secondary N) is 1. The number of nitrogens with zero attached hydrogens (tertiary/aromatic N) is 5. The number of carbonyl (C=O) groups is 2. The summed E-state index contributed by atoms with van der Waals surface area (Å²) >= 11 is 3.49. The molecule has 0 atom stereocenters. The number of rotatable bonds is 6. The highest BCUT2D eigenvalue weighted by Crippen LogP contribution is 2.21. The van der Waals surface area contributed by atoms with Crippen LogP contribution in [-0.2, 0) is 22.6 Å². The Morgan fingerprint density at radius 2 is 1.96 bits per heavy atom. The molecule has 9 nitrogen and oxygen atoms in total. The van der Waals surface area contributed by atoms with E-state index in [0.29, 0.717) is 50.8 Å². The summed E-state index contributed by atoms with van der Waals surface area (Å²) in [5, 5.41) is 11.5. The van der Waals surface area contributed by atoms with E-state index in [1.54, 1.807) is 14.3 Å². The Morgan fingerprint density at radius 1 is 1.25 bits per heavy atom. The molecule has 1 N–H and O–H groups in total. The van der Waals surface area contributed by atoms with Gasteiger partial charge in [0.1, 0.15) is 5.69 Å². The van der Waals surface area contributed by atoms with E-state index < -0.39 is 0 Å². The predicted molar refractivity (Wildman–Crippen MR) is 107 cm³/mol. The van der Waals surface area contributed by atoms with Gasteiger partial charge in [0.05, 0.1) is 41.8 Å². The second kappa shape index (κ2) is 8.87. The lowest BCUT2D eigenvalue weighted by atomic mass is 10.2. The normalized spacial score (nSPS) is 14.4. The Labute approximate surface area is 172 Å². The first kappa shape index (κ1) is 20.5. The maximum absolute atomic E-state index is 12.9. The van der Waals surface area contributed by atoms with Crippen molar-refractivity contribution in [3.05, 3.63) is 27.8 Å². The summed E-state index contributed by atoms with van der Waals surface area (Å²) in [7, 11) is 0. The first-order chi connectivity index (χ1) is 13.4. The number of amides is 2. The van der Waals surface area contributed by atoms with E-state index in [4.69, 9.17) is 4.74 Å². The van der Waals surface area contributed by atoms with Crippen LogP contribution in [0.4, 0.5) is 5.69 Å². The van der Waals surface area contributed by atoms with Crippen molar-refractivity contribution in [1.29, 1.82) is 0 Å². The van der Waals surface area contributed by atoms with Gasteiger partial charge in [-0.1, -0.05) is 0 Å². The highest BCUT2D eigenvalue weighted by molar-refractivity contribution is 9.10. The van der Waals surface area contributed by atoms with Crippen molar-refractivity contribution in [2.45, 2.75) is 40.3 Å². The summed E-state index contributed by atoms with van der Waals surface area (Å²) in [6.45, 7) is 8.89. The smallest absolute Gasteiger partial charge is 0.274 e. The maximum Gasteiger partial charge on any atom is 0.274 e. The van der Waals surface area contributed by atoms with Crippen LogP contribution in [0.25, 0.3) is 0 Å². The van der Waals surface area contributed by atoms with E-state index >= 15 is 0 Å². The minimum atomic E-state index is -0.185. The molecule has 1 aliphatic heterocycles. The van der Waals surface area contributed by atoms with Crippen LogP contribution in [0.15, 0.2) is 10.7 Å². The van der Waals surface area contributed by atoms with Gasteiger partial charge in [-0.25, -0.2) is 0 Å². The average molecular weight is 453 g/mol. The number of ether oxygens (including phenoxy) is 1. The van der Waals surface area contributed by atoms with Gasteiger partial charge in [0.2, 0.25) is 5.91 Å². The fourth-order valence-corrected chi connectivity index (χ4v) is 3.46. The van der Waals surface area contributed by atoms with Crippen LogP contribution in [-0.4, -0.2) is 62.6 Å². The molecule has 3 rings (SSSR count). The number of carbonyl (C=O) groups excluding carboxylic acids is 2. The molecule has 0 aromatic carbocycles. The van der Waals surface area contributed by atoms with Crippen molar-refractivity contribution in [2.24, 2.45) is 0 Å². The van der Waals surface area contributed by atoms with Crippen molar-refractivity contribution < 1.29 is 14.3 Å². The SMILES string of the molecule is CCn1ncc(NC(=O)CCn2nc(C)c(Br)c2C)c1C(=O)N1CCOCC1. The van der Waals surface area contributed by atoms with E-state index in [0.717, 1.165) is 15.9 Å². The molecule has 2 aromatic heterocycles. The van der Waals surface area contributed by atoms with E-state index in [1.807, 2.05) is 20.8 Å². The van der Waals surface area contributed by atoms with E-state index in [2.05, 4.69) is 31.4 Å². The van der Waals surface area contributed by atoms with Gasteiger partial charge in [-0.05, 0) is 36.7 Å². The van der Waals surface area contributed by atoms with Crippen LogP contribution in [0, 0.1) is 13.8 Å². The molecule has 0 radical (unpaired) electrons.